The van der Waals surface area contributed by atoms with Gasteiger partial charge < -0.3 is 9.47 Å². The molecule has 0 amide bonds. The molecule has 0 N–H and O–H groups in total. The molecule has 2 aromatic heterocycles. The third-order valence-electron chi connectivity index (χ3n) is 6.36. The highest BCUT2D eigenvalue weighted by molar-refractivity contribution is 5.96. The van der Waals surface area contributed by atoms with Gasteiger partial charge in [-0.15, -0.1) is 0 Å². The van der Waals surface area contributed by atoms with Crippen molar-refractivity contribution in [2.24, 2.45) is 13.0 Å². The topological polar surface area (TPSA) is 82.1 Å². The van der Waals surface area contributed by atoms with E-state index in [-0.39, 0.29) is 18.2 Å². The molecule has 1 aliphatic heterocycles. The molecule has 1 atom stereocenters. The summed E-state index contributed by atoms with van der Waals surface area (Å²) in [5, 5.41) is 0. The molecule has 0 aliphatic carbocycles. The van der Waals surface area contributed by atoms with E-state index in [9.17, 15) is 14.4 Å². The minimum atomic E-state index is -0.553. The number of ketones is 1. The van der Waals surface area contributed by atoms with Crippen LogP contribution < -0.4 is 16.1 Å². The van der Waals surface area contributed by atoms with Crippen LogP contribution in [-0.4, -0.2) is 31.0 Å². The number of rotatable bonds is 4. The van der Waals surface area contributed by atoms with Crippen LogP contribution in [0.25, 0.3) is 11.2 Å². The first-order chi connectivity index (χ1) is 16.2. The molecule has 174 valence electrons. The van der Waals surface area contributed by atoms with Crippen molar-refractivity contribution in [3.05, 3.63) is 86.1 Å². The quantitative estimate of drug-likeness (QED) is 0.440. The number of benzene rings is 2. The number of imidazole rings is 1. The van der Waals surface area contributed by atoms with Gasteiger partial charge in [0.05, 0.1) is 6.54 Å². The van der Waals surface area contributed by atoms with Crippen molar-refractivity contribution in [2.75, 3.05) is 11.4 Å². The Morgan fingerprint density at radius 2 is 1.71 bits per heavy atom. The molecule has 0 bridgehead atoms. The predicted molar refractivity (Wildman–Crippen MR) is 132 cm³/mol. The molecule has 8 heteroatoms. The van der Waals surface area contributed by atoms with E-state index >= 15 is 0 Å². The number of Topliss-reactive ketones (excluding diaryl/α,β-unsaturated/α-hetero) is 1. The lowest BCUT2D eigenvalue weighted by atomic mass is 10.1. The van der Waals surface area contributed by atoms with E-state index in [2.05, 4.69) is 43.9 Å². The van der Waals surface area contributed by atoms with Gasteiger partial charge in [0.15, 0.2) is 16.9 Å². The predicted octanol–water partition coefficient (Wildman–Crippen LogP) is 3.18. The molecule has 4 aromatic rings. The Bertz CT molecular complexity index is 1520. The first-order valence-corrected chi connectivity index (χ1v) is 11.4. The van der Waals surface area contributed by atoms with Crippen molar-refractivity contribution in [1.82, 2.24) is 18.7 Å². The maximum absolute atomic E-state index is 13.6. The SMILES string of the molecule is Cc1cc(C)cc(N2CC(C)Cn3c2nc2c3c(=O)n(CC(=O)c3ccccc3)c(=O)n2C)c1. The number of carbonyl (C=O) groups is 1. The van der Waals surface area contributed by atoms with E-state index in [0.717, 1.165) is 27.9 Å². The lowest BCUT2D eigenvalue weighted by molar-refractivity contribution is 0.0969. The largest absolute Gasteiger partial charge is 0.332 e. The van der Waals surface area contributed by atoms with Gasteiger partial charge in [-0.2, -0.15) is 4.98 Å². The van der Waals surface area contributed by atoms with Gasteiger partial charge in [-0.1, -0.05) is 43.3 Å². The summed E-state index contributed by atoms with van der Waals surface area (Å²) in [4.78, 5) is 46.4. The molecule has 5 rings (SSSR count). The average Bonchev–Trinajstić information content (AvgIpc) is 3.19. The summed E-state index contributed by atoms with van der Waals surface area (Å²) in [6.07, 6.45) is 0. The molecule has 0 saturated carbocycles. The molecule has 34 heavy (non-hydrogen) atoms. The van der Waals surface area contributed by atoms with Crippen LogP contribution >= 0.6 is 0 Å². The molecule has 0 radical (unpaired) electrons. The van der Waals surface area contributed by atoms with Crippen molar-refractivity contribution in [2.45, 2.75) is 33.9 Å². The van der Waals surface area contributed by atoms with Gasteiger partial charge >= 0.3 is 5.69 Å². The van der Waals surface area contributed by atoms with Crippen LogP contribution in [0.15, 0.2) is 58.1 Å². The van der Waals surface area contributed by atoms with Crippen molar-refractivity contribution >= 4 is 28.6 Å². The van der Waals surface area contributed by atoms with Crippen LogP contribution in [0.4, 0.5) is 11.6 Å². The summed E-state index contributed by atoms with van der Waals surface area (Å²) in [6, 6.07) is 15.0. The van der Waals surface area contributed by atoms with Crippen molar-refractivity contribution < 1.29 is 4.79 Å². The molecular formula is C26H27N5O3. The highest BCUT2D eigenvalue weighted by Gasteiger charge is 2.30. The number of aryl methyl sites for hydroxylation is 3. The summed E-state index contributed by atoms with van der Waals surface area (Å²) in [6.45, 7) is 7.28. The fourth-order valence-corrected chi connectivity index (χ4v) is 4.83. The van der Waals surface area contributed by atoms with E-state index in [1.807, 2.05) is 10.6 Å². The number of hydrogen-bond donors (Lipinski definition) is 0. The zero-order valence-electron chi connectivity index (χ0n) is 19.8. The van der Waals surface area contributed by atoms with E-state index in [1.54, 1.807) is 31.3 Å². The molecular weight excluding hydrogens is 430 g/mol. The third kappa shape index (κ3) is 3.55. The number of fused-ring (bicyclic) bond motifs is 3. The van der Waals surface area contributed by atoms with Gasteiger partial charge in [-0.3, -0.25) is 18.7 Å². The van der Waals surface area contributed by atoms with E-state index in [1.165, 1.54) is 4.57 Å². The van der Waals surface area contributed by atoms with Crippen LogP contribution in [0.3, 0.4) is 0 Å². The summed E-state index contributed by atoms with van der Waals surface area (Å²) in [7, 11) is 1.59. The number of carbonyl (C=O) groups excluding carboxylic acids is 1. The van der Waals surface area contributed by atoms with Gasteiger partial charge in [-0.25, -0.2) is 4.79 Å². The third-order valence-corrected chi connectivity index (χ3v) is 6.36. The van der Waals surface area contributed by atoms with Gasteiger partial charge in [0.1, 0.15) is 0 Å². The average molecular weight is 458 g/mol. The Balaban J connectivity index is 1.69. The summed E-state index contributed by atoms with van der Waals surface area (Å²) in [5.74, 6) is 0.599. The first-order valence-electron chi connectivity index (χ1n) is 11.4. The molecule has 0 fully saturated rings. The molecule has 8 nitrogen and oxygen atoms in total. The highest BCUT2D eigenvalue weighted by Crippen LogP contribution is 2.33. The maximum Gasteiger partial charge on any atom is 0.332 e. The van der Waals surface area contributed by atoms with Gasteiger partial charge in [0, 0.05) is 31.4 Å². The standard InChI is InChI=1S/C26H27N5O3/c1-16-10-17(2)12-20(11-16)29-13-18(3)14-30-22-23(27-25(29)30)28(4)26(34)31(24(22)33)15-21(32)19-8-6-5-7-9-19/h5-12,18H,13-15H2,1-4H3. The zero-order chi connectivity index (χ0) is 24.1. The van der Waals surface area contributed by atoms with Gasteiger partial charge in [0.2, 0.25) is 5.95 Å². The van der Waals surface area contributed by atoms with Crippen LogP contribution in [0.2, 0.25) is 0 Å². The second-order valence-corrected chi connectivity index (χ2v) is 9.28. The lowest BCUT2D eigenvalue weighted by Crippen LogP contribution is -2.42. The highest BCUT2D eigenvalue weighted by atomic mass is 16.2. The Kier molecular flexibility index (Phi) is 5.23. The second kappa shape index (κ2) is 8.13. The minimum Gasteiger partial charge on any atom is -0.312 e. The Morgan fingerprint density at radius 3 is 2.38 bits per heavy atom. The molecule has 0 spiro atoms. The summed E-state index contributed by atoms with van der Waals surface area (Å²) >= 11 is 0. The van der Waals surface area contributed by atoms with Crippen molar-refractivity contribution in [3.8, 4) is 0 Å². The number of hydrogen-bond acceptors (Lipinski definition) is 5. The van der Waals surface area contributed by atoms with Gasteiger partial charge in [0.25, 0.3) is 5.56 Å². The molecule has 3 heterocycles. The van der Waals surface area contributed by atoms with E-state index in [0.29, 0.717) is 29.2 Å². The Hall–Kier alpha value is -3.94. The fourth-order valence-electron chi connectivity index (χ4n) is 4.83. The van der Waals surface area contributed by atoms with Crippen molar-refractivity contribution in [3.63, 3.8) is 0 Å². The number of anilines is 2. The maximum atomic E-state index is 13.6. The zero-order valence-corrected chi connectivity index (χ0v) is 19.8. The Labute approximate surface area is 196 Å². The van der Waals surface area contributed by atoms with E-state index < -0.39 is 11.2 Å². The van der Waals surface area contributed by atoms with Crippen LogP contribution in [0.5, 0.6) is 0 Å². The fraction of sp³-hybridized carbons (Fsp3) is 0.308. The van der Waals surface area contributed by atoms with Crippen molar-refractivity contribution in [1.29, 1.82) is 0 Å². The van der Waals surface area contributed by atoms with Gasteiger partial charge in [-0.05, 0) is 43.0 Å². The Morgan fingerprint density at radius 1 is 1.03 bits per heavy atom. The van der Waals surface area contributed by atoms with Crippen LogP contribution in [0, 0.1) is 19.8 Å². The van der Waals surface area contributed by atoms with Crippen LogP contribution in [-0.2, 0) is 20.1 Å². The number of aromatic nitrogens is 4. The summed E-state index contributed by atoms with van der Waals surface area (Å²) in [5.41, 5.74) is 3.39. The number of nitrogens with zero attached hydrogens (tertiary/aromatic N) is 5. The lowest BCUT2D eigenvalue weighted by Gasteiger charge is -2.33. The normalized spacial score (nSPS) is 15.5. The molecule has 2 aromatic carbocycles. The summed E-state index contributed by atoms with van der Waals surface area (Å²) < 4.78 is 4.28. The minimum absolute atomic E-state index is 0.252. The molecule has 1 unspecified atom stereocenters. The first kappa shape index (κ1) is 21.9. The smallest absolute Gasteiger partial charge is 0.312 e. The monoisotopic (exact) mass is 457 g/mol. The van der Waals surface area contributed by atoms with E-state index in [4.69, 9.17) is 4.98 Å². The van der Waals surface area contributed by atoms with Crippen LogP contribution in [0.1, 0.15) is 28.4 Å². The second-order valence-electron chi connectivity index (χ2n) is 9.28. The molecule has 1 aliphatic rings. The molecule has 0 saturated heterocycles.